The summed E-state index contributed by atoms with van der Waals surface area (Å²) >= 11 is 0. The number of ether oxygens (including phenoxy) is 8. The molecule has 0 aliphatic heterocycles. The Bertz CT molecular complexity index is 297. The molecule has 0 aromatic rings. The van der Waals surface area contributed by atoms with E-state index in [0.29, 0.717) is 112 Å². The van der Waals surface area contributed by atoms with Crippen LogP contribution in [0.3, 0.4) is 0 Å². The quantitative estimate of drug-likeness (QED) is 0.168. The second-order valence-corrected chi connectivity index (χ2v) is 5.44. The topological polar surface area (TPSA) is 99.9 Å². The van der Waals surface area contributed by atoms with Gasteiger partial charge in [0.25, 0.3) is 0 Å². The highest BCUT2D eigenvalue weighted by atomic mass is 16.6. The van der Waals surface area contributed by atoms with Gasteiger partial charge < -0.3 is 43.6 Å². The normalized spacial score (nSPS) is 11.2. The van der Waals surface area contributed by atoms with E-state index in [1.165, 1.54) is 0 Å². The van der Waals surface area contributed by atoms with E-state index in [1.54, 1.807) is 6.08 Å². The number of rotatable bonds is 25. The van der Waals surface area contributed by atoms with Crippen LogP contribution in [-0.2, 0) is 37.9 Å². The molecule has 0 atom stereocenters. The summed E-state index contributed by atoms with van der Waals surface area (Å²) in [6.45, 7) is 12.9. The summed E-state index contributed by atoms with van der Waals surface area (Å²) in [6, 6.07) is 0. The third-order valence-electron chi connectivity index (χ3n) is 3.10. The van der Waals surface area contributed by atoms with Crippen LogP contribution < -0.4 is 5.73 Å². The summed E-state index contributed by atoms with van der Waals surface area (Å²) in [4.78, 5) is 0. The molecule has 0 aliphatic rings. The largest absolute Gasteiger partial charge is 0.378 e. The molecule has 0 spiro atoms. The van der Waals surface area contributed by atoms with Crippen molar-refractivity contribution >= 4 is 0 Å². The van der Waals surface area contributed by atoms with E-state index >= 15 is 0 Å². The van der Waals surface area contributed by atoms with Gasteiger partial charge in [0.15, 0.2) is 0 Å². The van der Waals surface area contributed by atoms with Crippen LogP contribution in [0.5, 0.6) is 0 Å². The Kier molecular flexibility index (Phi) is 25.8. The molecule has 28 heavy (non-hydrogen) atoms. The van der Waals surface area contributed by atoms with Gasteiger partial charge in [0, 0.05) is 6.54 Å². The molecule has 2 N–H and O–H groups in total. The maximum atomic E-state index is 5.40. The number of hydrogen-bond acceptors (Lipinski definition) is 9. The summed E-state index contributed by atoms with van der Waals surface area (Å²) in [5, 5.41) is 0. The van der Waals surface area contributed by atoms with E-state index in [-0.39, 0.29) is 0 Å². The molecule has 0 saturated heterocycles. The van der Waals surface area contributed by atoms with Gasteiger partial charge in [-0.1, -0.05) is 6.08 Å². The van der Waals surface area contributed by atoms with Crippen LogP contribution in [0.1, 0.15) is 0 Å². The van der Waals surface area contributed by atoms with Crippen molar-refractivity contribution in [3.63, 3.8) is 0 Å². The van der Waals surface area contributed by atoms with Gasteiger partial charge in [0.2, 0.25) is 0 Å². The summed E-state index contributed by atoms with van der Waals surface area (Å²) in [5.41, 5.74) is 5.30. The first-order valence-electron chi connectivity index (χ1n) is 9.84. The molecule has 0 heterocycles. The van der Waals surface area contributed by atoms with Crippen molar-refractivity contribution in [2.75, 3.05) is 112 Å². The smallest absolute Gasteiger partial charge is 0.0704 e. The highest BCUT2D eigenvalue weighted by Gasteiger charge is 1.94. The fourth-order valence-corrected chi connectivity index (χ4v) is 1.79. The van der Waals surface area contributed by atoms with Crippen LogP contribution in [0.4, 0.5) is 0 Å². The highest BCUT2D eigenvalue weighted by molar-refractivity contribution is 4.63. The first-order chi connectivity index (χ1) is 13.9. The first-order valence-corrected chi connectivity index (χ1v) is 9.84. The van der Waals surface area contributed by atoms with Crippen molar-refractivity contribution < 1.29 is 37.9 Å². The Morgan fingerprint density at radius 1 is 0.429 bits per heavy atom. The van der Waals surface area contributed by atoms with Crippen LogP contribution in [0, 0.1) is 0 Å². The standard InChI is InChI=1S/C19H39NO8/c1-2-4-21-6-8-23-10-12-25-14-16-27-18-19-28-17-15-26-13-11-24-9-7-22-5-3-20/h2H,1,3-20H2. The molecule has 0 aromatic carbocycles. The lowest BCUT2D eigenvalue weighted by atomic mass is 10.6. The van der Waals surface area contributed by atoms with Gasteiger partial charge in [-0.25, -0.2) is 0 Å². The molecule has 9 nitrogen and oxygen atoms in total. The SMILES string of the molecule is C=CCOCCOCCOCCOCCOCCOCCOCCOCCN. The third-order valence-corrected chi connectivity index (χ3v) is 3.10. The Labute approximate surface area is 169 Å². The van der Waals surface area contributed by atoms with E-state index in [4.69, 9.17) is 43.6 Å². The molecule has 0 aromatic heterocycles. The summed E-state index contributed by atoms with van der Waals surface area (Å²) in [7, 11) is 0. The molecular weight excluding hydrogens is 370 g/mol. The molecule has 0 unspecified atom stereocenters. The van der Waals surface area contributed by atoms with E-state index < -0.39 is 0 Å². The monoisotopic (exact) mass is 409 g/mol. The lowest BCUT2D eigenvalue weighted by Gasteiger charge is -2.08. The number of hydrogen-bond donors (Lipinski definition) is 1. The van der Waals surface area contributed by atoms with Crippen molar-refractivity contribution in [1.82, 2.24) is 0 Å². The van der Waals surface area contributed by atoms with Crippen LogP contribution in [0.15, 0.2) is 12.7 Å². The van der Waals surface area contributed by atoms with E-state index in [9.17, 15) is 0 Å². The first kappa shape index (κ1) is 27.4. The van der Waals surface area contributed by atoms with Gasteiger partial charge in [-0.15, -0.1) is 6.58 Å². The molecule has 0 amide bonds. The second kappa shape index (κ2) is 26.4. The lowest BCUT2D eigenvalue weighted by molar-refractivity contribution is -0.0224. The van der Waals surface area contributed by atoms with Crippen LogP contribution in [0.2, 0.25) is 0 Å². The minimum absolute atomic E-state index is 0.533. The molecule has 0 bridgehead atoms. The maximum absolute atomic E-state index is 5.40. The summed E-state index contributed by atoms with van der Waals surface area (Å²) < 4.78 is 42.6. The Hall–Kier alpha value is -0.620. The molecule has 0 fully saturated rings. The fourth-order valence-electron chi connectivity index (χ4n) is 1.79. The number of nitrogens with two attached hydrogens (primary N) is 1. The van der Waals surface area contributed by atoms with Gasteiger partial charge in [-0.05, 0) is 0 Å². The Morgan fingerprint density at radius 2 is 0.679 bits per heavy atom. The fraction of sp³-hybridized carbons (Fsp3) is 0.895. The summed E-state index contributed by atoms with van der Waals surface area (Å²) in [6.07, 6.45) is 1.71. The highest BCUT2D eigenvalue weighted by Crippen LogP contribution is 1.85. The minimum atomic E-state index is 0.533. The average molecular weight is 410 g/mol. The van der Waals surface area contributed by atoms with Gasteiger partial charge >= 0.3 is 0 Å². The minimum Gasteiger partial charge on any atom is -0.378 e. The predicted molar refractivity (Wildman–Crippen MR) is 106 cm³/mol. The van der Waals surface area contributed by atoms with E-state index in [1.807, 2.05) is 0 Å². The van der Waals surface area contributed by atoms with E-state index in [2.05, 4.69) is 6.58 Å². The summed E-state index contributed by atoms with van der Waals surface area (Å²) in [5.74, 6) is 0. The van der Waals surface area contributed by atoms with Crippen molar-refractivity contribution in [3.05, 3.63) is 12.7 Å². The molecule has 168 valence electrons. The van der Waals surface area contributed by atoms with Gasteiger partial charge in [-0.3, -0.25) is 0 Å². The lowest BCUT2D eigenvalue weighted by Crippen LogP contribution is -2.15. The van der Waals surface area contributed by atoms with E-state index in [0.717, 1.165) is 0 Å². The second-order valence-electron chi connectivity index (χ2n) is 5.44. The predicted octanol–water partition coefficient (Wildman–Crippen LogP) is 0.264. The molecule has 0 radical (unpaired) electrons. The van der Waals surface area contributed by atoms with Gasteiger partial charge in [-0.2, -0.15) is 0 Å². The zero-order chi connectivity index (χ0) is 20.4. The van der Waals surface area contributed by atoms with Crippen molar-refractivity contribution in [2.24, 2.45) is 5.73 Å². The van der Waals surface area contributed by atoms with Crippen LogP contribution in [-0.4, -0.2) is 112 Å². The molecule has 0 aliphatic carbocycles. The van der Waals surface area contributed by atoms with Crippen molar-refractivity contribution in [1.29, 1.82) is 0 Å². The molecule has 0 saturated carbocycles. The van der Waals surface area contributed by atoms with Crippen molar-refractivity contribution in [3.8, 4) is 0 Å². The van der Waals surface area contributed by atoms with Crippen LogP contribution in [0.25, 0.3) is 0 Å². The third kappa shape index (κ3) is 25.4. The van der Waals surface area contributed by atoms with Gasteiger partial charge in [0.05, 0.1) is 106 Å². The molecule has 9 heteroatoms. The van der Waals surface area contributed by atoms with Crippen molar-refractivity contribution in [2.45, 2.75) is 0 Å². The van der Waals surface area contributed by atoms with Crippen LogP contribution >= 0.6 is 0 Å². The molecule has 0 rings (SSSR count). The maximum Gasteiger partial charge on any atom is 0.0704 e. The zero-order valence-electron chi connectivity index (χ0n) is 17.1. The van der Waals surface area contributed by atoms with Gasteiger partial charge in [0.1, 0.15) is 0 Å². The zero-order valence-corrected chi connectivity index (χ0v) is 17.1. The average Bonchev–Trinajstić information content (AvgIpc) is 2.71. The Balaban J connectivity index is 2.97. The molecular formula is C19H39NO8. The Morgan fingerprint density at radius 3 is 0.929 bits per heavy atom.